The Bertz CT molecular complexity index is 531. The summed E-state index contributed by atoms with van der Waals surface area (Å²) in [6, 6.07) is 0. The molecule has 0 heterocycles. The van der Waals surface area contributed by atoms with Crippen molar-refractivity contribution in [3.63, 3.8) is 0 Å². The Hall–Kier alpha value is -0.800. The van der Waals surface area contributed by atoms with Gasteiger partial charge in [0, 0.05) is 0 Å². The number of hydrogen-bond acceptors (Lipinski definition) is 5. The van der Waals surface area contributed by atoms with Gasteiger partial charge in [0.15, 0.2) is 0 Å². The van der Waals surface area contributed by atoms with E-state index in [0.717, 1.165) is 0 Å². The lowest BCUT2D eigenvalue weighted by atomic mass is 10.0. The second kappa shape index (κ2) is 7.84. The Morgan fingerprint density at radius 3 is 1.84 bits per heavy atom. The molecule has 5 nitrogen and oxygen atoms in total. The van der Waals surface area contributed by atoms with Crippen LogP contribution in [0.1, 0.15) is 19.8 Å². The van der Waals surface area contributed by atoms with Crippen LogP contribution < -0.4 is 0 Å². The quantitative estimate of drug-likeness (QED) is 0.195. The number of hydrogen-bond donors (Lipinski definition) is 1. The molecule has 0 aliphatic rings. The fourth-order valence-corrected chi connectivity index (χ4v) is 1.70. The van der Waals surface area contributed by atoms with Gasteiger partial charge in [0.1, 0.15) is 6.61 Å². The Morgan fingerprint density at radius 1 is 1.00 bits per heavy atom. The van der Waals surface area contributed by atoms with Crippen LogP contribution in [0.15, 0.2) is 0 Å². The normalized spacial score (nSPS) is 16.1. The summed E-state index contributed by atoms with van der Waals surface area (Å²) in [6.07, 6.45) is -4.28. The fourth-order valence-electron chi connectivity index (χ4n) is 1.19. The number of halogens is 9. The maximum Gasteiger partial charge on any atom is 0.523 e. The van der Waals surface area contributed by atoms with Gasteiger partial charge in [-0.25, -0.2) is 4.18 Å². The van der Waals surface area contributed by atoms with Crippen LogP contribution in [0.25, 0.3) is 0 Å². The zero-order chi connectivity index (χ0) is 20.3. The highest BCUT2D eigenvalue weighted by molar-refractivity contribution is 7.87. The third-order valence-corrected chi connectivity index (χ3v) is 3.63. The highest BCUT2D eigenvalue weighted by Crippen LogP contribution is 2.48. The lowest BCUT2D eigenvalue weighted by molar-refractivity contribution is -0.366. The molecule has 15 heteroatoms. The van der Waals surface area contributed by atoms with E-state index >= 15 is 0 Å². The molecule has 1 unspecified atom stereocenters. The van der Waals surface area contributed by atoms with E-state index in [2.05, 4.69) is 8.92 Å². The van der Waals surface area contributed by atoms with E-state index in [1.54, 1.807) is 0 Å². The summed E-state index contributed by atoms with van der Waals surface area (Å²) in [5, 5.41) is 8.11. The van der Waals surface area contributed by atoms with Crippen LogP contribution in [-0.4, -0.2) is 56.3 Å². The lowest BCUT2D eigenvalue weighted by Crippen LogP contribution is -2.62. The van der Waals surface area contributed by atoms with Gasteiger partial charge in [-0.05, 0) is 6.42 Å². The van der Waals surface area contributed by atoms with E-state index in [9.17, 15) is 47.9 Å². The van der Waals surface area contributed by atoms with E-state index in [4.69, 9.17) is 5.11 Å². The number of alkyl halides is 9. The molecule has 152 valence electrons. The first-order valence-corrected chi connectivity index (χ1v) is 7.74. The molecule has 0 aromatic rings. The fraction of sp³-hybridized carbons (Fsp3) is 1.00. The molecule has 0 amide bonds. The average Bonchev–Trinajstić information content (AvgIpc) is 2.44. The van der Waals surface area contributed by atoms with Gasteiger partial charge in [0.2, 0.25) is 6.29 Å². The summed E-state index contributed by atoms with van der Waals surface area (Å²) in [6.45, 7) is -2.38. The number of ether oxygens (including phenoxy) is 1. The van der Waals surface area contributed by atoms with Crippen LogP contribution in [-0.2, 0) is 19.0 Å². The zero-order valence-corrected chi connectivity index (χ0v) is 13.1. The van der Waals surface area contributed by atoms with E-state index < -0.39 is 52.9 Å². The topological polar surface area (TPSA) is 72.8 Å². The molecule has 0 aliphatic carbocycles. The largest absolute Gasteiger partial charge is 0.523 e. The molecule has 0 spiro atoms. The second-order valence-corrected chi connectivity index (χ2v) is 6.18. The Morgan fingerprint density at radius 2 is 1.48 bits per heavy atom. The zero-order valence-electron chi connectivity index (χ0n) is 12.3. The molecule has 0 saturated heterocycles. The van der Waals surface area contributed by atoms with Crippen molar-refractivity contribution in [1.29, 1.82) is 0 Å². The van der Waals surface area contributed by atoms with Crippen LogP contribution in [0.2, 0.25) is 0 Å². The first kappa shape index (κ1) is 24.2. The number of aliphatic hydroxyl groups excluding tert-OH is 1. The van der Waals surface area contributed by atoms with Crippen molar-refractivity contribution in [2.75, 3.05) is 13.2 Å². The molecule has 0 radical (unpaired) electrons. The molecular formula is C10H13F9O5S. The van der Waals surface area contributed by atoms with Crippen molar-refractivity contribution in [2.24, 2.45) is 0 Å². The first-order chi connectivity index (χ1) is 11.0. The maximum absolute atomic E-state index is 13.7. The number of aliphatic hydroxyl groups is 1. The van der Waals surface area contributed by atoms with Crippen molar-refractivity contribution in [2.45, 2.75) is 49.3 Å². The summed E-state index contributed by atoms with van der Waals surface area (Å²) in [4.78, 5) is 0. The second-order valence-electron chi connectivity index (χ2n) is 4.61. The van der Waals surface area contributed by atoms with E-state index in [-0.39, 0.29) is 12.8 Å². The minimum absolute atomic E-state index is 0.146. The summed E-state index contributed by atoms with van der Waals surface area (Å²) in [5.41, 5.74) is -6.30. The van der Waals surface area contributed by atoms with E-state index in [1.807, 2.05) is 0 Å². The number of rotatable bonds is 10. The van der Waals surface area contributed by atoms with Gasteiger partial charge in [-0.2, -0.15) is 47.9 Å². The van der Waals surface area contributed by atoms with Gasteiger partial charge in [-0.15, -0.1) is 0 Å². The van der Waals surface area contributed by atoms with E-state index in [1.165, 1.54) is 6.92 Å². The van der Waals surface area contributed by atoms with Crippen LogP contribution in [0.3, 0.4) is 0 Å². The van der Waals surface area contributed by atoms with Crippen LogP contribution in [0, 0.1) is 0 Å². The molecule has 1 atom stereocenters. The van der Waals surface area contributed by atoms with Gasteiger partial charge in [0.05, 0.1) is 6.61 Å². The molecule has 25 heavy (non-hydrogen) atoms. The van der Waals surface area contributed by atoms with Gasteiger partial charge in [0.25, 0.3) is 0 Å². The highest BCUT2D eigenvalue weighted by Gasteiger charge is 2.76. The first-order valence-electron chi connectivity index (χ1n) is 6.33. The maximum atomic E-state index is 13.7. The van der Waals surface area contributed by atoms with Gasteiger partial charge in [-0.3, -0.25) is 0 Å². The summed E-state index contributed by atoms with van der Waals surface area (Å²) in [7, 11) is -6.88. The smallest absolute Gasteiger partial charge is 0.390 e. The molecule has 0 aromatic carbocycles. The molecular weight excluding hydrogens is 403 g/mol. The van der Waals surface area contributed by atoms with E-state index in [0.29, 0.717) is 0 Å². The predicted octanol–water partition coefficient (Wildman–Crippen LogP) is 2.89. The molecule has 0 aliphatic heterocycles. The molecule has 0 aromatic heterocycles. The van der Waals surface area contributed by atoms with Gasteiger partial charge < -0.3 is 9.84 Å². The van der Waals surface area contributed by atoms with Crippen molar-refractivity contribution in [3.8, 4) is 0 Å². The van der Waals surface area contributed by atoms with Crippen molar-refractivity contribution < 1.29 is 62.0 Å². The standard InChI is InChI=1S/C10H13F9O5S/c1-2-3-4-23-6(24-25(21,22)10(17,18)19)8(13,14)9(15,16)7(11,12)5-20/h6,20H,2-5H2,1H3. The van der Waals surface area contributed by atoms with Crippen molar-refractivity contribution in [1.82, 2.24) is 0 Å². The Labute approximate surface area is 135 Å². The van der Waals surface area contributed by atoms with Crippen molar-refractivity contribution >= 4 is 10.1 Å². The average molecular weight is 416 g/mol. The minimum Gasteiger partial charge on any atom is -0.390 e. The monoisotopic (exact) mass is 416 g/mol. The van der Waals surface area contributed by atoms with Crippen molar-refractivity contribution in [3.05, 3.63) is 0 Å². The number of unbranched alkanes of at least 4 members (excludes halogenated alkanes) is 1. The predicted molar refractivity (Wildman–Crippen MR) is 62.6 cm³/mol. The van der Waals surface area contributed by atoms with Crippen LogP contribution in [0.5, 0.6) is 0 Å². The summed E-state index contributed by atoms with van der Waals surface area (Å²) < 4.78 is 145. The van der Waals surface area contributed by atoms with Crippen LogP contribution in [0.4, 0.5) is 39.5 Å². The van der Waals surface area contributed by atoms with Crippen LogP contribution >= 0.6 is 0 Å². The third kappa shape index (κ3) is 5.10. The SMILES string of the molecule is CCCCOC(OS(=O)(=O)C(F)(F)F)C(F)(F)C(F)(F)C(F)(F)CO. The highest BCUT2D eigenvalue weighted by atomic mass is 32.2. The molecule has 0 saturated carbocycles. The summed E-state index contributed by atoms with van der Waals surface area (Å²) in [5.74, 6) is -18.5. The summed E-state index contributed by atoms with van der Waals surface area (Å²) >= 11 is 0. The lowest BCUT2D eigenvalue weighted by Gasteiger charge is -2.35. The molecule has 0 fully saturated rings. The molecule has 1 N–H and O–H groups in total. The molecule has 0 rings (SSSR count). The molecule has 0 bridgehead atoms. The Kier molecular flexibility index (Phi) is 7.58. The third-order valence-electron chi connectivity index (χ3n) is 2.64. The Balaban J connectivity index is 5.89. The van der Waals surface area contributed by atoms with Gasteiger partial charge in [-0.1, -0.05) is 13.3 Å². The minimum atomic E-state index is -6.88. The van der Waals surface area contributed by atoms with Gasteiger partial charge >= 0.3 is 33.4 Å².